The van der Waals surface area contributed by atoms with E-state index in [2.05, 4.69) is 6.58 Å². The minimum Gasteiger partial charge on any atom is -0.207 e. The van der Waals surface area contributed by atoms with Crippen molar-refractivity contribution in [1.29, 1.82) is 0 Å². The van der Waals surface area contributed by atoms with Crippen molar-refractivity contribution >= 4 is 21.6 Å². The first-order valence-corrected chi connectivity index (χ1v) is 8.76. The van der Waals surface area contributed by atoms with Gasteiger partial charge in [0.25, 0.3) is 0 Å². The molecule has 0 atom stereocenters. The number of nitrogens with zero attached hydrogens (tertiary/aromatic N) is 1. The Morgan fingerprint density at radius 2 is 1.80 bits per heavy atom. The van der Waals surface area contributed by atoms with E-state index in [1.807, 2.05) is 0 Å². The van der Waals surface area contributed by atoms with Crippen molar-refractivity contribution in [3.8, 4) is 0 Å². The van der Waals surface area contributed by atoms with E-state index in [-0.39, 0.29) is 6.04 Å². The van der Waals surface area contributed by atoms with Crippen LogP contribution in [0.2, 0.25) is 5.02 Å². The third-order valence-corrected chi connectivity index (χ3v) is 5.90. The predicted molar refractivity (Wildman–Crippen MR) is 82.4 cm³/mol. The molecule has 0 heterocycles. The first-order valence-electron chi connectivity index (χ1n) is 6.94. The molecule has 1 saturated carbocycles. The molecule has 0 unspecified atom stereocenters. The van der Waals surface area contributed by atoms with Crippen LogP contribution in [-0.4, -0.2) is 25.3 Å². The second-order valence-electron chi connectivity index (χ2n) is 5.11. The van der Waals surface area contributed by atoms with Crippen LogP contribution >= 0.6 is 11.6 Å². The highest BCUT2D eigenvalue weighted by atomic mass is 35.5. The van der Waals surface area contributed by atoms with E-state index in [1.165, 1.54) is 6.42 Å². The summed E-state index contributed by atoms with van der Waals surface area (Å²) in [6.07, 6.45) is 6.89. The van der Waals surface area contributed by atoms with Crippen LogP contribution in [0.15, 0.2) is 41.8 Å². The largest absolute Gasteiger partial charge is 0.243 e. The predicted octanol–water partition coefficient (Wildman–Crippen LogP) is 3.85. The Hall–Kier alpha value is -0.840. The highest BCUT2D eigenvalue weighted by molar-refractivity contribution is 7.89. The van der Waals surface area contributed by atoms with E-state index in [1.54, 1.807) is 34.6 Å². The molecule has 1 aromatic carbocycles. The zero-order valence-corrected chi connectivity index (χ0v) is 13.0. The maximum atomic E-state index is 12.8. The first kappa shape index (κ1) is 15.5. The molecule has 110 valence electrons. The second kappa shape index (κ2) is 6.74. The highest BCUT2D eigenvalue weighted by Gasteiger charge is 2.31. The van der Waals surface area contributed by atoms with Crippen LogP contribution in [0.1, 0.15) is 32.1 Å². The van der Waals surface area contributed by atoms with Crippen molar-refractivity contribution < 1.29 is 8.42 Å². The molecule has 0 aromatic heterocycles. The van der Waals surface area contributed by atoms with Crippen LogP contribution in [0.25, 0.3) is 0 Å². The Balaban J connectivity index is 2.30. The number of hydrogen-bond acceptors (Lipinski definition) is 2. The lowest BCUT2D eigenvalue weighted by Gasteiger charge is -2.32. The third kappa shape index (κ3) is 3.43. The van der Waals surface area contributed by atoms with Crippen molar-refractivity contribution in [3.05, 3.63) is 41.9 Å². The monoisotopic (exact) mass is 313 g/mol. The maximum Gasteiger partial charge on any atom is 0.243 e. The minimum atomic E-state index is -3.48. The summed E-state index contributed by atoms with van der Waals surface area (Å²) >= 11 is 5.83. The Kier molecular flexibility index (Phi) is 5.24. The van der Waals surface area contributed by atoms with E-state index < -0.39 is 10.0 Å². The molecule has 1 aromatic rings. The van der Waals surface area contributed by atoms with E-state index >= 15 is 0 Å². The van der Waals surface area contributed by atoms with Crippen LogP contribution < -0.4 is 0 Å². The lowest BCUT2D eigenvalue weighted by molar-refractivity contribution is 0.269. The van der Waals surface area contributed by atoms with Crippen LogP contribution in [0, 0.1) is 0 Å². The zero-order chi connectivity index (χ0) is 14.6. The summed E-state index contributed by atoms with van der Waals surface area (Å²) < 4.78 is 27.1. The smallest absolute Gasteiger partial charge is 0.207 e. The topological polar surface area (TPSA) is 37.4 Å². The fraction of sp³-hybridized carbons (Fsp3) is 0.467. The van der Waals surface area contributed by atoms with Crippen molar-refractivity contribution in [3.63, 3.8) is 0 Å². The summed E-state index contributed by atoms with van der Waals surface area (Å²) in [6.45, 7) is 4.05. The molecule has 5 heteroatoms. The van der Waals surface area contributed by atoms with Gasteiger partial charge in [0.1, 0.15) is 0 Å². The number of halogens is 1. The van der Waals surface area contributed by atoms with E-state index in [0.717, 1.165) is 25.7 Å². The number of sulfonamides is 1. The van der Waals surface area contributed by atoms with E-state index in [4.69, 9.17) is 11.6 Å². The summed E-state index contributed by atoms with van der Waals surface area (Å²) in [5.74, 6) is 0. The van der Waals surface area contributed by atoms with Crippen LogP contribution in [0.5, 0.6) is 0 Å². The summed E-state index contributed by atoms with van der Waals surface area (Å²) in [6, 6.07) is 6.44. The van der Waals surface area contributed by atoms with Gasteiger partial charge >= 0.3 is 0 Å². The van der Waals surface area contributed by atoms with Gasteiger partial charge in [0.15, 0.2) is 0 Å². The summed E-state index contributed by atoms with van der Waals surface area (Å²) in [5, 5.41) is 0.539. The highest BCUT2D eigenvalue weighted by Crippen LogP contribution is 2.28. The van der Waals surface area contributed by atoms with Gasteiger partial charge in [-0.1, -0.05) is 36.9 Å². The molecule has 0 radical (unpaired) electrons. The fourth-order valence-corrected chi connectivity index (χ4v) is 4.46. The van der Waals surface area contributed by atoms with Gasteiger partial charge in [0.2, 0.25) is 10.0 Å². The molecule has 0 aliphatic heterocycles. The van der Waals surface area contributed by atoms with Gasteiger partial charge in [-0.2, -0.15) is 4.31 Å². The molecule has 1 aliphatic rings. The standard InChI is InChI=1S/C15H20ClNO2S/c1-2-12-17(14-6-4-3-5-7-14)20(18,19)15-10-8-13(16)9-11-15/h2,8-11,14H,1,3-7,12H2. The molecule has 0 bridgehead atoms. The van der Waals surface area contributed by atoms with E-state index in [0.29, 0.717) is 16.5 Å². The van der Waals surface area contributed by atoms with Gasteiger partial charge in [-0.3, -0.25) is 0 Å². The molecule has 1 fully saturated rings. The normalized spacial score (nSPS) is 17.3. The second-order valence-corrected chi connectivity index (χ2v) is 7.44. The van der Waals surface area contributed by atoms with Gasteiger partial charge in [0.05, 0.1) is 4.90 Å². The summed E-state index contributed by atoms with van der Waals surface area (Å²) in [5.41, 5.74) is 0. The first-order chi connectivity index (χ1) is 9.55. The molecule has 3 nitrogen and oxygen atoms in total. The quantitative estimate of drug-likeness (QED) is 0.774. The van der Waals surface area contributed by atoms with Gasteiger partial charge in [-0.05, 0) is 37.1 Å². The molecule has 2 rings (SSSR count). The maximum absolute atomic E-state index is 12.8. The molecule has 0 amide bonds. The van der Waals surface area contributed by atoms with Gasteiger partial charge in [0, 0.05) is 17.6 Å². The van der Waals surface area contributed by atoms with Crippen molar-refractivity contribution in [2.75, 3.05) is 6.54 Å². The lowest BCUT2D eigenvalue weighted by Crippen LogP contribution is -2.41. The minimum absolute atomic E-state index is 0.0856. The van der Waals surface area contributed by atoms with Gasteiger partial charge in [-0.15, -0.1) is 6.58 Å². The average molecular weight is 314 g/mol. The van der Waals surface area contributed by atoms with Crippen LogP contribution in [-0.2, 0) is 10.0 Å². The molecular weight excluding hydrogens is 294 g/mol. The number of rotatable bonds is 5. The molecule has 1 aliphatic carbocycles. The molecular formula is C15H20ClNO2S. The number of benzene rings is 1. The Labute approximate surface area is 126 Å². The van der Waals surface area contributed by atoms with Crippen molar-refractivity contribution in [1.82, 2.24) is 4.31 Å². The van der Waals surface area contributed by atoms with Gasteiger partial charge in [-0.25, -0.2) is 8.42 Å². The van der Waals surface area contributed by atoms with Crippen LogP contribution in [0.3, 0.4) is 0 Å². The Morgan fingerprint density at radius 3 is 2.35 bits per heavy atom. The average Bonchev–Trinajstić information content (AvgIpc) is 2.46. The van der Waals surface area contributed by atoms with E-state index in [9.17, 15) is 8.42 Å². The summed E-state index contributed by atoms with van der Waals surface area (Å²) in [7, 11) is -3.48. The Bertz CT molecular complexity index is 548. The fourth-order valence-electron chi connectivity index (χ4n) is 2.68. The Morgan fingerprint density at radius 1 is 1.20 bits per heavy atom. The third-order valence-electron chi connectivity index (χ3n) is 3.71. The lowest BCUT2D eigenvalue weighted by atomic mass is 9.95. The molecule has 0 saturated heterocycles. The van der Waals surface area contributed by atoms with Crippen LogP contribution in [0.4, 0.5) is 0 Å². The molecule has 0 spiro atoms. The van der Waals surface area contributed by atoms with Gasteiger partial charge < -0.3 is 0 Å². The molecule has 20 heavy (non-hydrogen) atoms. The summed E-state index contributed by atoms with van der Waals surface area (Å²) in [4.78, 5) is 0.300. The van der Waals surface area contributed by atoms with Crippen molar-refractivity contribution in [2.45, 2.75) is 43.0 Å². The molecule has 0 N–H and O–H groups in total. The number of hydrogen-bond donors (Lipinski definition) is 0. The van der Waals surface area contributed by atoms with Crippen molar-refractivity contribution in [2.24, 2.45) is 0 Å². The SMILES string of the molecule is C=CCN(C1CCCCC1)S(=O)(=O)c1ccc(Cl)cc1. The zero-order valence-electron chi connectivity index (χ0n) is 11.5.